The number of aromatic nitrogens is 1. The minimum absolute atomic E-state index is 0.0537. The molecule has 1 atom stereocenters. The average Bonchev–Trinajstić information content (AvgIpc) is 3.24. The summed E-state index contributed by atoms with van der Waals surface area (Å²) < 4.78 is 0. The molecule has 3 heterocycles. The first kappa shape index (κ1) is 21.0. The van der Waals surface area contributed by atoms with Crippen molar-refractivity contribution in [3.05, 3.63) is 52.0 Å². The van der Waals surface area contributed by atoms with E-state index in [2.05, 4.69) is 22.2 Å². The summed E-state index contributed by atoms with van der Waals surface area (Å²) >= 11 is 1.72. The highest BCUT2D eigenvalue weighted by Crippen LogP contribution is 2.28. The van der Waals surface area contributed by atoms with E-state index in [0.717, 1.165) is 50.2 Å². The number of carbonyl (C=O) groups excluding carboxylic acids is 2. The van der Waals surface area contributed by atoms with E-state index in [4.69, 9.17) is 0 Å². The molecule has 6 nitrogen and oxygen atoms in total. The minimum Gasteiger partial charge on any atom is -0.338 e. The number of nitrogens with zero attached hydrogens (tertiary/aromatic N) is 4. The van der Waals surface area contributed by atoms with Crippen LogP contribution in [0.4, 0.5) is 0 Å². The van der Waals surface area contributed by atoms with Gasteiger partial charge in [0.2, 0.25) is 11.8 Å². The molecule has 2 aliphatic rings. The van der Waals surface area contributed by atoms with Crippen LogP contribution in [-0.4, -0.2) is 64.2 Å². The summed E-state index contributed by atoms with van der Waals surface area (Å²) in [5.41, 5.74) is 2.03. The molecule has 0 bridgehead atoms. The van der Waals surface area contributed by atoms with E-state index in [1.54, 1.807) is 16.2 Å². The van der Waals surface area contributed by atoms with Gasteiger partial charge in [-0.3, -0.25) is 14.5 Å². The molecule has 0 spiro atoms. The maximum atomic E-state index is 13.6. The Bertz CT molecular complexity index is 861. The highest BCUT2D eigenvalue weighted by Gasteiger charge is 2.36. The molecule has 2 aromatic rings. The van der Waals surface area contributed by atoms with Gasteiger partial charge in [0, 0.05) is 51.1 Å². The van der Waals surface area contributed by atoms with Crippen molar-refractivity contribution in [3.8, 4) is 0 Å². The van der Waals surface area contributed by atoms with E-state index in [-0.39, 0.29) is 11.8 Å². The molecule has 2 saturated heterocycles. The summed E-state index contributed by atoms with van der Waals surface area (Å²) in [4.78, 5) is 36.9. The predicted molar refractivity (Wildman–Crippen MR) is 118 cm³/mol. The number of benzene rings is 1. The molecule has 1 aromatic heterocycles. The maximum absolute atomic E-state index is 13.6. The zero-order valence-corrected chi connectivity index (χ0v) is 18.4. The lowest BCUT2D eigenvalue weighted by atomic mass is 9.99. The van der Waals surface area contributed by atoms with E-state index >= 15 is 0 Å². The van der Waals surface area contributed by atoms with Crippen LogP contribution in [0.1, 0.15) is 48.5 Å². The smallest absolute Gasteiger partial charge is 0.250 e. The van der Waals surface area contributed by atoms with E-state index < -0.39 is 6.04 Å². The second-order valence-corrected chi connectivity index (χ2v) is 8.99. The third kappa shape index (κ3) is 4.73. The van der Waals surface area contributed by atoms with Crippen LogP contribution in [0.15, 0.2) is 35.7 Å². The van der Waals surface area contributed by atoms with Gasteiger partial charge in [0.15, 0.2) is 0 Å². The second kappa shape index (κ2) is 9.71. The Morgan fingerprint density at radius 3 is 2.53 bits per heavy atom. The number of hydrogen-bond donors (Lipinski definition) is 0. The molecular formula is C23H30N4O2S. The number of aryl methyl sites for hydroxylation is 1. The number of likely N-dealkylation sites (tertiary alicyclic amines) is 1. The molecule has 2 fully saturated rings. The third-order valence-corrected chi connectivity index (χ3v) is 7.03. The van der Waals surface area contributed by atoms with Crippen molar-refractivity contribution in [1.82, 2.24) is 19.7 Å². The van der Waals surface area contributed by atoms with E-state index in [1.165, 1.54) is 5.01 Å². The number of piperidine rings is 1. The second-order valence-electron chi connectivity index (χ2n) is 8.05. The average molecular weight is 427 g/mol. The SMILES string of the molecule is CCc1nc(CN2CCN(C(=O)C(c3ccccc3)N3CCCCC3=O)CC2)cs1. The van der Waals surface area contributed by atoms with Gasteiger partial charge in [-0.2, -0.15) is 0 Å². The molecule has 0 N–H and O–H groups in total. The first-order valence-electron chi connectivity index (χ1n) is 10.9. The Kier molecular flexibility index (Phi) is 6.79. The Hall–Kier alpha value is -2.25. The summed E-state index contributed by atoms with van der Waals surface area (Å²) in [7, 11) is 0. The summed E-state index contributed by atoms with van der Waals surface area (Å²) in [6, 6.07) is 9.27. The molecular weight excluding hydrogens is 396 g/mol. The molecule has 2 amide bonds. The standard InChI is InChI=1S/C23H30N4O2S/c1-2-20-24-19(17-30-20)16-25-12-14-26(15-13-25)23(29)22(18-8-4-3-5-9-18)27-11-7-6-10-21(27)28/h3-5,8-9,17,22H,2,6-7,10-16H2,1H3. The number of piperazine rings is 1. The lowest BCUT2D eigenvalue weighted by Gasteiger charge is -2.40. The molecule has 7 heteroatoms. The van der Waals surface area contributed by atoms with Crippen molar-refractivity contribution in [1.29, 1.82) is 0 Å². The monoisotopic (exact) mass is 426 g/mol. The Morgan fingerprint density at radius 1 is 1.10 bits per heavy atom. The highest BCUT2D eigenvalue weighted by molar-refractivity contribution is 7.09. The first-order chi connectivity index (χ1) is 14.7. The van der Waals surface area contributed by atoms with Gasteiger partial charge in [-0.05, 0) is 24.8 Å². The summed E-state index contributed by atoms with van der Waals surface area (Å²) in [6.45, 7) is 6.67. The van der Waals surface area contributed by atoms with Crippen molar-refractivity contribution in [3.63, 3.8) is 0 Å². The van der Waals surface area contributed by atoms with Crippen LogP contribution >= 0.6 is 11.3 Å². The van der Waals surface area contributed by atoms with Crippen molar-refractivity contribution in [2.24, 2.45) is 0 Å². The van der Waals surface area contributed by atoms with Gasteiger partial charge in [0.05, 0.1) is 10.7 Å². The van der Waals surface area contributed by atoms with Gasteiger partial charge >= 0.3 is 0 Å². The largest absolute Gasteiger partial charge is 0.338 e. The zero-order valence-electron chi connectivity index (χ0n) is 17.6. The Balaban J connectivity index is 1.43. The van der Waals surface area contributed by atoms with Crippen LogP contribution in [0, 0.1) is 0 Å². The van der Waals surface area contributed by atoms with Gasteiger partial charge in [0.1, 0.15) is 6.04 Å². The van der Waals surface area contributed by atoms with Crippen LogP contribution in [-0.2, 0) is 22.6 Å². The van der Waals surface area contributed by atoms with Gasteiger partial charge in [0.25, 0.3) is 0 Å². The molecule has 30 heavy (non-hydrogen) atoms. The van der Waals surface area contributed by atoms with E-state index in [1.807, 2.05) is 35.2 Å². The maximum Gasteiger partial charge on any atom is 0.250 e. The number of thiazole rings is 1. The fourth-order valence-corrected chi connectivity index (χ4v) is 5.04. The van der Waals surface area contributed by atoms with Crippen LogP contribution in [0.2, 0.25) is 0 Å². The molecule has 1 unspecified atom stereocenters. The van der Waals surface area contributed by atoms with Gasteiger partial charge < -0.3 is 9.80 Å². The Labute approximate surface area is 182 Å². The highest BCUT2D eigenvalue weighted by atomic mass is 32.1. The van der Waals surface area contributed by atoms with Gasteiger partial charge in [-0.15, -0.1) is 11.3 Å². The van der Waals surface area contributed by atoms with Crippen LogP contribution in [0.3, 0.4) is 0 Å². The van der Waals surface area contributed by atoms with Crippen LogP contribution in [0.5, 0.6) is 0 Å². The lowest BCUT2D eigenvalue weighted by molar-refractivity contribution is -0.149. The van der Waals surface area contributed by atoms with Crippen molar-refractivity contribution in [2.75, 3.05) is 32.7 Å². The molecule has 2 aliphatic heterocycles. The number of carbonyl (C=O) groups is 2. The molecule has 0 radical (unpaired) electrons. The van der Waals surface area contributed by atoms with Crippen molar-refractivity contribution < 1.29 is 9.59 Å². The number of rotatable bonds is 6. The summed E-state index contributed by atoms with van der Waals surface area (Å²) in [5.74, 6) is 0.148. The lowest BCUT2D eigenvalue weighted by Crippen LogP contribution is -2.53. The third-order valence-electron chi connectivity index (χ3n) is 5.99. The zero-order chi connectivity index (χ0) is 20.9. The van der Waals surface area contributed by atoms with E-state index in [0.29, 0.717) is 26.1 Å². The normalized spacial score (nSPS) is 19.2. The van der Waals surface area contributed by atoms with Gasteiger partial charge in [-0.25, -0.2) is 4.98 Å². The fourth-order valence-electron chi connectivity index (χ4n) is 4.30. The predicted octanol–water partition coefficient (Wildman–Crippen LogP) is 3.10. The molecule has 0 saturated carbocycles. The van der Waals surface area contributed by atoms with Crippen molar-refractivity contribution >= 4 is 23.2 Å². The molecule has 160 valence electrons. The summed E-state index contributed by atoms with van der Waals surface area (Å²) in [5, 5.41) is 3.32. The van der Waals surface area contributed by atoms with Crippen LogP contribution < -0.4 is 0 Å². The van der Waals surface area contributed by atoms with Gasteiger partial charge in [-0.1, -0.05) is 37.3 Å². The van der Waals surface area contributed by atoms with Crippen molar-refractivity contribution in [2.45, 2.75) is 45.2 Å². The fraction of sp³-hybridized carbons (Fsp3) is 0.522. The quantitative estimate of drug-likeness (QED) is 0.712. The number of amides is 2. The minimum atomic E-state index is -0.504. The first-order valence-corrected chi connectivity index (χ1v) is 11.8. The van der Waals surface area contributed by atoms with Crippen LogP contribution in [0.25, 0.3) is 0 Å². The topological polar surface area (TPSA) is 56.8 Å². The van der Waals surface area contributed by atoms with E-state index in [9.17, 15) is 9.59 Å². The summed E-state index contributed by atoms with van der Waals surface area (Å²) in [6.07, 6.45) is 3.39. The number of hydrogen-bond acceptors (Lipinski definition) is 5. The Morgan fingerprint density at radius 2 is 1.87 bits per heavy atom. The molecule has 4 rings (SSSR count). The molecule has 0 aliphatic carbocycles. The molecule has 1 aromatic carbocycles.